The molecule has 4 rings (SSSR count). The lowest BCUT2D eigenvalue weighted by Gasteiger charge is -2.33. The van der Waals surface area contributed by atoms with E-state index in [4.69, 9.17) is 0 Å². The minimum atomic E-state index is -4.19. The molecule has 1 atom stereocenters. The van der Waals surface area contributed by atoms with Crippen LogP contribution in [0.15, 0.2) is 83.8 Å². The molecule has 0 aliphatic carbocycles. The van der Waals surface area contributed by atoms with Crippen LogP contribution in [-0.2, 0) is 32.6 Å². The zero-order chi connectivity index (χ0) is 27.4. The number of carbonyl (C=O) groups is 3. The number of fused-ring (bicyclic) bond motifs is 1. The molecule has 1 N–H and O–H groups in total. The van der Waals surface area contributed by atoms with Gasteiger partial charge in [-0.05, 0) is 44.0 Å². The molecule has 1 heterocycles. The largest absolute Gasteiger partial charge is 0.352 e. The first-order chi connectivity index (χ1) is 18.1. The van der Waals surface area contributed by atoms with Crippen LogP contribution in [0.4, 0.5) is 0 Å². The summed E-state index contributed by atoms with van der Waals surface area (Å²) < 4.78 is 26.9. The van der Waals surface area contributed by atoms with Crippen molar-refractivity contribution in [3.8, 4) is 0 Å². The molecule has 0 unspecified atom stereocenters. The maximum atomic E-state index is 13.9. The molecule has 0 aromatic heterocycles. The summed E-state index contributed by atoms with van der Waals surface area (Å²) >= 11 is 0. The van der Waals surface area contributed by atoms with Gasteiger partial charge >= 0.3 is 0 Å². The van der Waals surface area contributed by atoms with Crippen LogP contribution in [0.2, 0.25) is 0 Å². The molecule has 198 valence electrons. The summed E-state index contributed by atoms with van der Waals surface area (Å²) in [7, 11) is -4.19. The second-order valence-corrected chi connectivity index (χ2v) is 11.5. The first-order valence-corrected chi connectivity index (χ1v) is 13.9. The molecule has 0 radical (unpaired) electrons. The minimum Gasteiger partial charge on any atom is -0.352 e. The van der Waals surface area contributed by atoms with Gasteiger partial charge in [-0.1, -0.05) is 72.3 Å². The van der Waals surface area contributed by atoms with Gasteiger partial charge in [0, 0.05) is 19.0 Å². The normalized spacial score (nSPS) is 14.7. The third-order valence-corrected chi connectivity index (χ3v) is 8.12. The summed E-state index contributed by atoms with van der Waals surface area (Å²) in [5.74, 6) is -1.75. The average Bonchev–Trinajstić information content (AvgIpc) is 3.07. The number of nitrogens with zero attached hydrogens (tertiary/aromatic N) is 2. The van der Waals surface area contributed by atoms with Crippen LogP contribution in [0.25, 0.3) is 0 Å². The Morgan fingerprint density at radius 3 is 2.24 bits per heavy atom. The van der Waals surface area contributed by atoms with Gasteiger partial charge in [0.2, 0.25) is 11.8 Å². The Hall–Kier alpha value is -3.98. The summed E-state index contributed by atoms with van der Waals surface area (Å²) in [5.41, 5.74) is 2.64. The van der Waals surface area contributed by atoms with E-state index in [1.54, 1.807) is 6.07 Å². The lowest BCUT2D eigenvalue weighted by molar-refractivity contribution is -0.141. The van der Waals surface area contributed by atoms with Crippen LogP contribution >= 0.6 is 0 Å². The fourth-order valence-corrected chi connectivity index (χ4v) is 6.06. The van der Waals surface area contributed by atoms with Crippen molar-refractivity contribution < 1.29 is 22.8 Å². The second-order valence-electron chi connectivity index (χ2n) is 9.69. The summed E-state index contributed by atoms with van der Waals surface area (Å²) in [5, 5.41) is 2.90. The highest BCUT2D eigenvalue weighted by atomic mass is 32.2. The summed E-state index contributed by atoms with van der Waals surface area (Å²) in [6.07, 6.45) is 0.220. The molecule has 3 aromatic rings. The van der Waals surface area contributed by atoms with Crippen molar-refractivity contribution >= 4 is 27.7 Å². The van der Waals surface area contributed by atoms with Crippen LogP contribution in [-0.4, -0.2) is 54.0 Å². The molecule has 0 bridgehead atoms. The van der Waals surface area contributed by atoms with Crippen molar-refractivity contribution in [2.24, 2.45) is 0 Å². The summed E-state index contributed by atoms with van der Waals surface area (Å²) in [4.78, 5) is 41.6. The molecular weight excluding hydrogens is 502 g/mol. The molecule has 0 spiro atoms. The average molecular weight is 534 g/mol. The Balaban J connectivity index is 1.72. The number of nitrogens with one attached hydrogen (secondary N) is 1. The van der Waals surface area contributed by atoms with Crippen molar-refractivity contribution in [2.75, 3.05) is 6.54 Å². The molecule has 0 saturated carbocycles. The van der Waals surface area contributed by atoms with Crippen molar-refractivity contribution in [1.82, 2.24) is 14.5 Å². The van der Waals surface area contributed by atoms with Gasteiger partial charge in [-0.15, -0.1) is 0 Å². The van der Waals surface area contributed by atoms with Gasteiger partial charge in [-0.2, -0.15) is 0 Å². The topological polar surface area (TPSA) is 104 Å². The van der Waals surface area contributed by atoms with Gasteiger partial charge in [-0.3, -0.25) is 14.4 Å². The Kier molecular flexibility index (Phi) is 7.97. The van der Waals surface area contributed by atoms with Crippen molar-refractivity contribution in [3.05, 3.63) is 101 Å². The first-order valence-electron chi connectivity index (χ1n) is 12.4. The highest BCUT2D eigenvalue weighted by molar-refractivity contribution is 7.90. The van der Waals surface area contributed by atoms with Gasteiger partial charge < -0.3 is 10.2 Å². The smallest absolute Gasteiger partial charge is 0.269 e. The van der Waals surface area contributed by atoms with E-state index < -0.39 is 34.4 Å². The SMILES string of the molecule is Cc1cccc(CN(C(=O)CN2C(=O)c3ccccc3S2(=O)=O)[C@H](Cc2ccccc2)C(=O)NC(C)C)c1. The van der Waals surface area contributed by atoms with E-state index in [2.05, 4.69) is 5.32 Å². The number of hydrogen-bond acceptors (Lipinski definition) is 5. The van der Waals surface area contributed by atoms with Crippen LogP contribution in [0.3, 0.4) is 0 Å². The van der Waals surface area contributed by atoms with Crippen molar-refractivity contribution in [2.45, 2.75) is 50.7 Å². The molecule has 9 heteroatoms. The van der Waals surface area contributed by atoms with Crippen molar-refractivity contribution in [3.63, 3.8) is 0 Å². The Bertz CT molecular complexity index is 1450. The van der Waals surface area contributed by atoms with Crippen LogP contribution < -0.4 is 5.32 Å². The van der Waals surface area contributed by atoms with Crippen LogP contribution in [0.5, 0.6) is 0 Å². The fraction of sp³-hybridized carbons (Fsp3) is 0.276. The zero-order valence-corrected chi connectivity index (χ0v) is 22.4. The molecule has 38 heavy (non-hydrogen) atoms. The molecule has 1 aliphatic rings. The van der Waals surface area contributed by atoms with E-state index in [0.717, 1.165) is 16.7 Å². The number of amides is 3. The quantitative estimate of drug-likeness (QED) is 0.455. The Morgan fingerprint density at radius 2 is 1.58 bits per heavy atom. The zero-order valence-electron chi connectivity index (χ0n) is 21.6. The van der Waals surface area contributed by atoms with Crippen LogP contribution in [0.1, 0.15) is 40.9 Å². The Labute approximate surface area is 223 Å². The van der Waals surface area contributed by atoms with Crippen LogP contribution in [0, 0.1) is 6.92 Å². The molecule has 3 amide bonds. The van der Waals surface area contributed by atoms with Gasteiger partial charge in [0.15, 0.2) is 0 Å². The number of carbonyl (C=O) groups excluding carboxylic acids is 3. The first kappa shape index (κ1) is 27.1. The standard InChI is InChI=1S/C29H31N3O5S/c1-20(2)30-28(34)25(17-22-11-5-4-6-12-22)31(18-23-13-9-10-21(3)16-23)27(33)19-32-29(35)24-14-7-8-15-26(24)38(32,36)37/h4-16,20,25H,17-19H2,1-3H3,(H,30,34)/t25-/m1/s1. The molecular formula is C29H31N3O5S. The van der Waals surface area contributed by atoms with Gasteiger partial charge in [0.05, 0.1) is 5.56 Å². The lowest BCUT2D eigenvalue weighted by Crippen LogP contribution is -2.54. The summed E-state index contributed by atoms with van der Waals surface area (Å²) in [6.45, 7) is 4.95. The van der Waals surface area contributed by atoms with E-state index >= 15 is 0 Å². The maximum Gasteiger partial charge on any atom is 0.269 e. The Morgan fingerprint density at radius 1 is 0.921 bits per heavy atom. The van der Waals surface area contributed by atoms with Gasteiger partial charge in [0.1, 0.15) is 17.5 Å². The van der Waals surface area contributed by atoms with Gasteiger partial charge in [0.25, 0.3) is 15.9 Å². The number of hydrogen-bond donors (Lipinski definition) is 1. The molecule has 8 nitrogen and oxygen atoms in total. The predicted molar refractivity (Wildman–Crippen MR) is 144 cm³/mol. The lowest BCUT2D eigenvalue weighted by atomic mass is 10.0. The number of aryl methyl sites for hydroxylation is 1. The van der Waals surface area contributed by atoms with E-state index in [9.17, 15) is 22.8 Å². The highest BCUT2D eigenvalue weighted by Crippen LogP contribution is 2.30. The third kappa shape index (κ3) is 5.78. The summed E-state index contributed by atoms with van der Waals surface area (Å²) in [6, 6.07) is 21.6. The number of sulfonamides is 1. The minimum absolute atomic E-state index is 0.0314. The van der Waals surface area contributed by atoms with Crippen molar-refractivity contribution in [1.29, 1.82) is 0 Å². The number of benzene rings is 3. The maximum absolute atomic E-state index is 13.9. The fourth-order valence-electron chi connectivity index (χ4n) is 4.54. The molecule has 0 saturated heterocycles. The molecule has 1 aliphatic heterocycles. The molecule has 0 fully saturated rings. The molecule has 3 aromatic carbocycles. The highest BCUT2D eigenvalue weighted by Gasteiger charge is 2.43. The number of rotatable bonds is 9. The monoisotopic (exact) mass is 533 g/mol. The van der Waals surface area contributed by atoms with E-state index in [1.165, 1.54) is 23.1 Å². The predicted octanol–water partition coefficient (Wildman–Crippen LogP) is 3.30. The third-order valence-electron chi connectivity index (χ3n) is 6.33. The van der Waals surface area contributed by atoms with E-state index in [1.807, 2.05) is 75.4 Å². The van der Waals surface area contributed by atoms with E-state index in [-0.39, 0.29) is 35.4 Å². The van der Waals surface area contributed by atoms with Gasteiger partial charge in [-0.25, -0.2) is 12.7 Å². The second kappa shape index (κ2) is 11.2. The van der Waals surface area contributed by atoms with E-state index in [0.29, 0.717) is 4.31 Å².